The van der Waals surface area contributed by atoms with E-state index in [9.17, 15) is 4.79 Å². The number of amides is 1. The smallest absolute Gasteiger partial charge is 0.261 e. The molecule has 0 saturated heterocycles. The molecule has 2 rings (SSSR count). The first kappa shape index (κ1) is 20.0. The summed E-state index contributed by atoms with van der Waals surface area (Å²) in [6, 6.07) is 12.4. The molecule has 0 aromatic heterocycles. The first-order valence-electron chi connectivity index (χ1n) is 9.47. The van der Waals surface area contributed by atoms with E-state index in [4.69, 9.17) is 4.74 Å². The van der Waals surface area contributed by atoms with Crippen LogP contribution in [0.1, 0.15) is 60.5 Å². The Kier molecular flexibility index (Phi) is 6.84. The second-order valence-electron chi connectivity index (χ2n) is 7.10. The van der Waals surface area contributed by atoms with Crippen molar-refractivity contribution in [1.29, 1.82) is 0 Å². The van der Waals surface area contributed by atoms with Crippen molar-refractivity contribution in [2.75, 3.05) is 0 Å². The van der Waals surface area contributed by atoms with E-state index in [1.807, 2.05) is 26.0 Å². The molecule has 0 spiro atoms. The zero-order chi connectivity index (χ0) is 19.3. The Morgan fingerprint density at radius 1 is 0.923 bits per heavy atom. The molecule has 2 aromatic rings. The van der Waals surface area contributed by atoms with Crippen LogP contribution in [0.2, 0.25) is 0 Å². The van der Waals surface area contributed by atoms with Crippen molar-refractivity contribution in [2.45, 2.75) is 66.5 Å². The lowest BCUT2D eigenvalue weighted by Crippen LogP contribution is -2.40. The zero-order valence-corrected chi connectivity index (χ0v) is 16.8. The van der Waals surface area contributed by atoms with E-state index in [-0.39, 0.29) is 11.9 Å². The Labute approximate surface area is 157 Å². The number of aryl methyl sites for hydroxylation is 4. The summed E-state index contributed by atoms with van der Waals surface area (Å²) < 4.78 is 6.02. The number of hydrogen-bond acceptors (Lipinski definition) is 2. The number of nitrogens with one attached hydrogen (secondary N) is 1. The first-order valence-corrected chi connectivity index (χ1v) is 9.47. The molecule has 140 valence electrons. The highest BCUT2D eigenvalue weighted by atomic mass is 16.5. The van der Waals surface area contributed by atoms with Gasteiger partial charge in [-0.15, -0.1) is 0 Å². The molecule has 0 unspecified atom stereocenters. The second kappa shape index (κ2) is 8.88. The highest BCUT2D eigenvalue weighted by Gasteiger charge is 2.22. The summed E-state index contributed by atoms with van der Waals surface area (Å²) in [4.78, 5) is 12.8. The van der Waals surface area contributed by atoms with Crippen LogP contribution >= 0.6 is 0 Å². The van der Waals surface area contributed by atoms with E-state index in [1.54, 1.807) is 0 Å². The van der Waals surface area contributed by atoms with Crippen LogP contribution in [0, 0.1) is 27.7 Å². The third kappa shape index (κ3) is 4.87. The standard InChI is InChI=1S/C23H31NO2/c1-7-20(19-11-10-16(4)17(5)14-19)24-23(25)21(8-2)26-22-12-9-15(3)13-18(22)6/h9-14,20-21H,7-8H2,1-6H3,(H,24,25)/t20-,21+/m1/s1. The molecule has 26 heavy (non-hydrogen) atoms. The number of benzene rings is 2. The topological polar surface area (TPSA) is 38.3 Å². The van der Waals surface area contributed by atoms with E-state index in [1.165, 1.54) is 16.7 Å². The van der Waals surface area contributed by atoms with Crippen LogP contribution in [-0.4, -0.2) is 12.0 Å². The van der Waals surface area contributed by atoms with Crippen molar-refractivity contribution in [3.8, 4) is 5.75 Å². The van der Waals surface area contributed by atoms with Gasteiger partial charge in [0.25, 0.3) is 5.91 Å². The fraction of sp³-hybridized carbons (Fsp3) is 0.435. The van der Waals surface area contributed by atoms with Crippen LogP contribution in [0.15, 0.2) is 36.4 Å². The van der Waals surface area contributed by atoms with Crippen molar-refractivity contribution < 1.29 is 9.53 Å². The Morgan fingerprint density at radius 3 is 2.23 bits per heavy atom. The van der Waals surface area contributed by atoms with Gasteiger partial charge in [-0.3, -0.25) is 4.79 Å². The maximum Gasteiger partial charge on any atom is 0.261 e. The van der Waals surface area contributed by atoms with E-state index >= 15 is 0 Å². The molecule has 2 atom stereocenters. The Bertz CT molecular complexity index is 767. The average Bonchev–Trinajstić information content (AvgIpc) is 2.61. The van der Waals surface area contributed by atoms with Crippen LogP contribution in [0.25, 0.3) is 0 Å². The number of carbonyl (C=O) groups excluding carboxylic acids is 1. The summed E-state index contributed by atoms with van der Waals surface area (Å²) in [6.45, 7) is 12.3. The van der Waals surface area contributed by atoms with E-state index in [2.05, 4.69) is 57.3 Å². The predicted octanol–water partition coefficient (Wildman–Crippen LogP) is 5.35. The molecule has 0 aliphatic heterocycles. The molecule has 0 aliphatic rings. The molecule has 0 fully saturated rings. The minimum atomic E-state index is -0.489. The van der Waals surface area contributed by atoms with Gasteiger partial charge in [-0.1, -0.05) is 49.7 Å². The SMILES string of the molecule is CC[C@H](Oc1ccc(C)cc1C)C(=O)N[C@H](CC)c1ccc(C)c(C)c1. The van der Waals surface area contributed by atoms with Gasteiger partial charge < -0.3 is 10.1 Å². The first-order chi connectivity index (χ1) is 12.3. The zero-order valence-electron chi connectivity index (χ0n) is 16.8. The summed E-state index contributed by atoms with van der Waals surface area (Å²) in [5, 5.41) is 3.17. The van der Waals surface area contributed by atoms with Crippen molar-refractivity contribution in [2.24, 2.45) is 0 Å². The highest BCUT2D eigenvalue weighted by molar-refractivity contribution is 5.81. The monoisotopic (exact) mass is 353 g/mol. The van der Waals surface area contributed by atoms with E-state index in [0.29, 0.717) is 6.42 Å². The van der Waals surface area contributed by atoms with Gasteiger partial charge in [-0.2, -0.15) is 0 Å². The van der Waals surface area contributed by atoms with Gasteiger partial charge in [0.05, 0.1) is 6.04 Å². The summed E-state index contributed by atoms with van der Waals surface area (Å²) >= 11 is 0. The van der Waals surface area contributed by atoms with Gasteiger partial charge >= 0.3 is 0 Å². The van der Waals surface area contributed by atoms with Gasteiger partial charge in [0.1, 0.15) is 5.75 Å². The maximum atomic E-state index is 12.8. The van der Waals surface area contributed by atoms with E-state index < -0.39 is 6.10 Å². The molecule has 1 amide bonds. The molecule has 0 heterocycles. The lowest BCUT2D eigenvalue weighted by Gasteiger charge is -2.23. The number of rotatable bonds is 7. The molecule has 0 bridgehead atoms. The van der Waals surface area contributed by atoms with Gasteiger partial charge in [-0.25, -0.2) is 0 Å². The maximum absolute atomic E-state index is 12.8. The van der Waals surface area contributed by atoms with Crippen molar-refractivity contribution in [1.82, 2.24) is 5.32 Å². The molecule has 0 radical (unpaired) electrons. The average molecular weight is 354 g/mol. The van der Waals surface area contributed by atoms with Crippen molar-refractivity contribution in [3.05, 3.63) is 64.2 Å². The van der Waals surface area contributed by atoms with Crippen LogP contribution < -0.4 is 10.1 Å². The van der Waals surface area contributed by atoms with Crippen LogP contribution in [0.4, 0.5) is 0 Å². The molecule has 2 aromatic carbocycles. The van der Waals surface area contributed by atoms with Crippen molar-refractivity contribution in [3.63, 3.8) is 0 Å². The summed E-state index contributed by atoms with van der Waals surface area (Å²) in [5.74, 6) is 0.717. The van der Waals surface area contributed by atoms with Crippen LogP contribution in [0.5, 0.6) is 5.75 Å². The summed E-state index contributed by atoms with van der Waals surface area (Å²) in [5.41, 5.74) is 5.89. The minimum Gasteiger partial charge on any atom is -0.480 e. The fourth-order valence-corrected chi connectivity index (χ4v) is 3.07. The Morgan fingerprint density at radius 2 is 1.65 bits per heavy atom. The predicted molar refractivity (Wildman–Crippen MR) is 108 cm³/mol. The van der Waals surface area contributed by atoms with Gasteiger partial charge in [0.15, 0.2) is 6.10 Å². The van der Waals surface area contributed by atoms with E-state index in [0.717, 1.165) is 23.3 Å². The number of hydrogen-bond donors (Lipinski definition) is 1. The van der Waals surface area contributed by atoms with Gasteiger partial charge in [0, 0.05) is 0 Å². The molecule has 0 saturated carbocycles. The molecular formula is C23H31NO2. The third-order valence-electron chi connectivity index (χ3n) is 4.92. The summed E-state index contributed by atoms with van der Waals surface area (Å²) in [7, 11) is 0. The fourth-order valence-electron chi connectivity index (χ4n) is 3.07. The second-order valence-corrected chi connectivity index (χ2v) is 7.10. The summed E-state index contributed by atoms with van der Waals surface area (Å²) in [6.07, 6.45) is 0.980. The quantitative estimate of drug-likeness (QED) is 0.729. The Hall–Kier alpha value is -2.29. The van der Waals surface area contributed by atoms with Crippen molar-refractivity contribution >= 4 is 5.91 Å². The molecule has 0 aliphatic carbocycles. The molecule has 3 nitrogen and oxygen atoms in total. The number of ether oxygens (including phenoxy) is 1. The molecule has 3 heteroatoms. The largest absolute Gasteiger partial charge is 0.480 e. The number of carbonyl (C=O) groups is 1. The van der Waals surface area contributed by atoms with Gasteiger partial charge in [0.2, 0.25) is 0 Å². The lowest BCUT2D eigenvalue weighted by atomic mass is 9.99. The Balaban J connectivity index is 2.12. The normalized spacial score (nSPS) is 13.2. The van der Waals surface area contributed by atoms with Crippen LogP contribution in [-0.2, 0) is 4.79 Å². The molecular weight excluding hydrogens is 322 g/mol. The molecule has 1 N–H and O–H groups in total. The lowest BCUT2D eigenvalue weighted by molar-refractivity contribution is -0.129. The third-order valence-corrected chi connectivity index (χ3v) is 4.92. The van der Waals surface area contributed by atoms with Crippen LogP contribution in [0.3, 0.4) is 0 Å². The minimum absolute atomic E-state index is 0.00133. The van der Waals surface area contributed by atoms with Gasteiger partial charge in [-0.05, 0) is 68.9 Å². The highest BCUT2D eigenvalue weighted by Crippen LogP contribution is 2.23.